The Kier molecular flexibility index (Phi) is 6.43. The van der Waals surface area contributed by atoms with Crippen molar-refractivity contribution in [1.29, 1.82) is 0 Å². The molecule has 0 saturated heterocycles. The van der Waals surface area contributed by atoms with E-state index < -0.39 is 17.9 Å². The number of H-pyrrole nitrogens is 1. The molecule has 4 aromatic rings. The maximum Gasteiger partial charge on any atom is 0.273 e. The maximum atomic E-state index is 14.1. The van der Waals surface area contributed by atoms with E-state index in [-0.39, 0.29) is 28.2 Å². The lowest BCUT2D eigenvalue weighted by molar-refractivity contribution is -0.123. The minimum atomic E-state index is -1.00. The molecule has 2 aromatic heterocycles. The Balaban J connectivity index is 1.67. The van der Waals surface area contributed by atoms with Crippen LogP contribution in [0, 0.1) is 0 Å². The molecule has 2 heterocycles. The van der Waals surface area contributed by atoms with E-state index in [9.17, 15) is 14.4 Å². The van der Waals surface area contributed by atoms with Crippen LogP contribution in [0.2, 0.25) is 0 Å². The summed E-state index contributed by atoms with van der Waals surface area (Å²) < 4.78 is 4.00. The van der Waals surface area contributed by atoms with Crippen LogP contribution in [0.1, 0.15) is 57.4 Å². The van der Waals surface area contributed by atoms with E-state index in [1.165, 1.54) is 4.90 Å². The van der Waals surface area contributed by atoms with E-state index in [1.54, 1.807) is 30.5 Å². The Labute approximate surface area is 211 Å². The Morgan fingerprint density at radius 1 is 1.06 bits per heavy atom. The molecule has 0 unspecified atom stereocenters. The highest BCUT2D eigenvalue weighted by atomic mass is 32.1. The van der Waals surface area contributed by atoms with Gasteiger partial charge in [-0.05, 0) is 42.6 Å². The molecule has 9 nitrogen and oxygen atoms in total. The van der Waals surface area contributed by atoms with Gasteiger partial charge in [0, 0.05) is 34.4 Å². The second-order valence-corrected chi connectivity index (χ2v) is 9.60. The molecule has 1 saturated carbocycles. The molecule has 5 rings (SSSR count). The highest BCUT2D eigenvalue weighted by Gasteiger charge is 2.38. The Morgan fingerprint density at radius 3 is 2.44 bits per heavy atom. The van der Waals surface area contributed by atoms with Gasteiger partial charge >= 0.3 is 0 Å². The Morgan fingerprint density at radius 2 is 1.75 bits per heavy atom. The van der Waals surface area contributed by atoms with Gasteiger partial charge in [-0.1, -0.05) is 49.2 Å². The lowest BCUT2D eigenvalue weighted by Crippen LogP contribution is -2.46. The van der Waals surface area contributed by atoms with Crippen LogP contribution < -0.4 is 21.7 Å². The number of rotatable bonds is 7. The number of hydrogen-bond acceptors (Lipinski definition) is 6. The van der Waals surface area contributed by atoms with Gasteiger partial charge in [0.15, 0.2) is 5.69 Å². The first-order valence-electron chi connectivity index (χ1n) is 11.8. The summed E-state index contributed by atoms with van der Waals surface area (Å²) >= 11 is 0.792. The molecule has 1 atom stereocenters. The molecule has 0 radical (unpaired) electrons. The minimum absolute atomic E-state index is 0.0474. The van der Waals surface area contributed by atoms with E-state index in [4.69, 9.17) is 11.5 Å². The SMILES string of the molecule is NC(=O)c1nsc(C(=O)N(c2ccccc2)[C@@H](C(=O)NC2CCCC2)c2c[nH]c3ccccc23)c1N. The normalized spacial score (nSPS) is 14.6. The third kappa shape index (κ3) is 4.31. The molecule has 3 amide bonds. The van der Waals surface area contributed by atoms with E-state index in [2.05, 4.69) is 14.7 Å². The first-order chi connectivity index (χ1) is 17.5. The number of carbonyl (C=O) groups is 3. The summed E-state index contributed by atoms with van der Waals surface area (Å²) in [6.45, 7) is 0. The summed E-state index contributed by atoms with van der Waals surface area (Å²) in [5.41, 5.74) is 13.3. The fourth-order valence-corrected chi connectivity index (χ4v) is 5.52. The number of nitrogens with zero attached hydrogens (tertiary/aromatic N) is 2. The summed E-state index contributed by atoms with van der Waals surface area (Å²) in [5, 5.41) is 3.99. The molecule has 0 bridgehead atoms. The van der Waals surface area contributed by atoms with E-state index in [0.29, 0.717) is 11.3 Å². The number of para-hydroxylation sites is 2. The molecular formula is C26H26N6O3S. The first-order valence-corrected chi connectivity index (χ1v) is 12.5. The van der Waals surface area contributed by atoms with Crippen LogP contribution in [0.15, 0.2) is 60.8 Å². The second kappa shape index (κ2) is 9.82. The van der Waals surface area contributed by atoms with Crippen LogP contribution in [0.4, 0.5) is 11.4 Å². The van der Waals surface area contributed by atoms with Crippen LogP contribution >= 0.6 is 11.5 Å². The standard InChI is InChI=1S/C26H26N6O3S/c27-20-21(24(28)33)31-36-23(20)26(35)32(16-10-2-1-3-11-16)22(25(34)30-15-8-4-5-9-15)18-14-29-19-13-7-6-12-17(18)19/h1-3,6-7,10-15,22,29H,4-5,8-9,27H2,(H2,28,33)(H,30,34)/t22-/m1/s1. The second-order valence-electron chi connectivity index (χ2n) is 8.83. The molecule has 1 aliphatic carbocycles. The number of aromatic amines is 1. The summed E-state index contributed by atoms with van der Waals surface area (Å²) in [6, 6.07) is 15.6. The summed E-state index contributed by atoms with van der Waals surface area (Å²) in [7, 11) is 0. The summed E-state index contributed by atoms with van der Waals surface area (Å²) in [4.78, 5) is 44.5. The van der Waals surface area contributed by atoms with Crippen molar-refractivity contribution in [2.45, 2.75) is 37.8 Å². The quantitative estimate of drug-likeness (QED) is 0.304. The number of nitrogens with one attached hydrogen (secondary N) is 2. The number of benzene rings is 2. The predicted molar refractivity (Wildman–Crippen MR) is 140 cm³/mol. The van der Waals surface area contributed by atoms with E-state index in [1.807, 2.05) is 30.3 Å². The number of hydrogen-bond donors (Lipinski definition) is 4. The number of nitrogens with two attached hydrogens (primary N) is 2. The number of aromatic nitrogens is 2. The zero-order valence-electron chi connectivity index (χ0n) is 19.4. The molecule has 10 heteroatoms. The lowest BCUT2D eigenvalue weighted by Gasteiger charge is -2.31. The average Bonchev–Trinajstić information content (AvgIpc) is 3.63. The van der Waals surface area contributed by atoms with Crippen LogP contribution in [0.25, 0.3) is 10.9 Å². The number of primary amides is 1. The van der Waals surface area contributed by atoms with E-state index >= 15 is 0 Å². The highest BCUT2D eigenvalue weighted by molar-refractivity contribution is 7.09. The Hall–Kier alpha value is -4.18. The molecule has 1 fully saturated rings. The van der Waals surface area contributed by atoms with Crippen LogP contribution in [-0.4, -0.2) is 33.1 Å². The van der Waals surface area contributed by atoms with Gasteiger partial charge in [0.2, 0.25) is 5.91 Å². The molecule has 1 aliphatic rings. The first kappa shape index (κ1) is 23.6. The Bertz CT molecular complexity index is 1420. The number of amides is 3. The molecule has 0 spiro atoms. The van der Waals surface area contributed by atoms with Crippen molar-refractivity contribution >= 4 is 51.5 Å². The van der Waals surface area contributed by atoms with Gasteiger partial charge in [-0.2, -0.15) is 4.37 Å². The van der Waals surface area contributed by atoms with Crippen LogP contribution in [0.3, 0.4) is 0 Å². The smallest absolute Gasteiger partial charge is 0.273 e. The summed E-state index contributed by atoms with van der Waals surface area (Å²) in [6.07, 6.45) is 5.66. The van der Waals surface area contributed by atoms with Gasteiger partial charge in [0.05, 0.1) is 5.69 Å². The highest BCUT2D eigenvalue weighted by Crippen LogP contribution is 2.36. The third-order valence-electron chi connectivity index (χ3n) is 6.53. The maximum absolute atomic E-state index is 14.1. The third-order valence-corrected chi connectivity index (χ3v) is 7.38. The summed E-state index contributed by atoms with van der Waals surface area (Å²) in [5.74, 6) is -1.65. The number of nitrogen functional groups attached to an aromatic ring is 1. The van der Waals surface area contributed by atoms with Crippen molar-refractivity contribution in [3.05, 3.63) is 76.9 Å². The molecule has 0 aliphatic heterocycles. The zero-order chi connectivity index (χ0) is 25.2. The van der Waals surface area contributed by atoms with Gasteiger partial charge in [-0.25, -0.2) is 0 Å². The number of carbonyl (C=O) groups excluding carboxylic acids is 3. The topological polar surface area (TPSA) is 147 Å². The van der Waals surface area contributed by atoms with Crippen LogP contribution in [-0.2, 0) is 4.79 Å². The van der Waals surface area contributed by atoms with Crippen molar-refractivity contribution < 1.29 is 14.4 Å². The van der Waals surface area contributed by atoms with Gasteiger partial charge < -0.3 is 21.8 Å². The molecule has 2 aromatic carbocycles. The fraction of sp³-hybridized carbons (Fsp3) is 0.231. The van der Waals surface area contributed by atoms with Crippen molar-refractivity contribution in [3.8, 4) is 0 Å². The van der Waals surface area contributed by atoms with Crippen molar-refractivity contribution in [1.82, 2.24) is 14.7 Å². The van der Waals surface area contributed by atoms with Crippen molar-refractivity contribution in [3.63, 3.8) is 0 Å². The predicted octanol–water partition coefficient (Wildman–Crippen LogP) is 3.75. The average molecular weight is 503 g/mol. The molecule has 36 heavy (non-hydrogen) atoms. The number of anilines is 2. The molecular weight excluding hydrogens is 476 g/mol. The fourth-order valence-electron chi connectivity index (χ4n) is 4.78. The lowest BCUT2D eigenvalue weighted by atomic mass is 10.0. The van der Waals surface area contributed by atoms with Gasteiger partial charge in [-0.15, -0.1) is 0 Å². The van der Waals surface area contributed by atoms with Crippen molar-refractivity contribution in [2.24, 2.45) is 5.73 Å². The minimum Gasteiger partial charge on any atom is -0.395 e. The van der Waals surface area contributed by atoms with Gasteiger partial charge in [0.1, 0.15) is 10.9 Å². The monoisotopic (exact) mass is 502 g/mol. The zero-order valence-corrected chi connectivity index (χ0v) is 20.3. The van der Waals surface area contributed by atoms with Crippen LogP contribution in [0.5, 0.6) is 0 Å². The molecule has 184 valence electrons. The molecule has 6 N–H and O–H groups in total. The van der Waals surface area contributed by atoms with E-state index in [0.717, 1.165) is 48.1 Å². The van der Waals surface area contributed by atoms with Gasteiger partial charge in [-0.3, -0.25) is 19.3 Å². The largest absolute Gasteiger partial charge is 0.395 e. The van der Waals surface area contributed by atoms with Crippen molar-refractivity contribution in [2.75, 3.05) is 10.6 Å². The van der Waals surface area contributed by atoms with Gasteiger partial charge in [0.25, 0.3) is 11.8 Å². The number of fused-ring (bicyclic) bond motifs is 1.